The summed E-state index contributed by atoms with van der Waals surface area (Å²) in [5, 5.41) is 0. The minimum absolute atomic E-state index is 0.523. The first-order chi connectivity index (χ1) is 12.5. The highest BCUT2D eigenvalue weighted by atomic mass is 19.5. The second-order valence-corrected chi connectivity index (χ2v) is 7.39. The highest BCUT2D eigenvalue weighted by Crippen LogP contribution is 2.27. The zero-order valence-corrected chi connectivity index (χ0v) is 17.0. The van der Waals surface area contributed by atoms with Crippen LogP contribution >= 0.6 is 0 Å². The molecule has 0 bridgehead atoms. The molecule has 1 aromatic heterocycles. The van der Waals surface area contributed by atoms with Crippen LogP contribution in [0.3, 0.4) is 0 Å². The minimum atomic E-state index is -6.00. The van der Waals surface area contributed by atoms with E-state index >= 15 is 0 Å². The fraction of sp³-hybridized carbons (Fsp3) is 0.476. The summed E-state index contributed by atoms with van der Waals surface area (Å²) in [6.07, 6.45) is 1.16. The van der Waals surface area contributed by atoms with Crippen molar-refractivity contribution in [3.05, 3.63) is 53.9 Å². The third-order valence-corrected chi connectivity index (χ3v) is 4.48. The summed E-state index contributed by atoms with van der Waals surface area (Å²) in [5.74, 6) is 1.05. The molecule has 1 atom stereocenters. The van der Waals surface area contributed by atoms with Crippen LogP contribution in [0, 0.1) is 0 Å². The Balaban J connectivity index is 0.000000646. The maximum atomic E-state index is 9.75. The van der Waals surface area contributed by atoms with E-state index in [1.165, 1.54) is 22.5 Å². The molecular weight excluding hydrogens is 353 g/mol. The molecule has 2 aromatic rings. The summed E-state index contributed by atoms with van der Waals surface area (Å²) in [5.41, 5.74) is 5.54. The number of nitrogens with zero attached hydrogens (tertiary/aromatic N) is 1. The summed E-state index contributed by atoms with van der Waals surface area (Å²) in [6.45, 7) is 13.8. The van der Waals surface area contributed by atoms with E-state index in [1.807, 2.05) is 0 Å². The molecule has 1 aromatic carbocycles. The number of hydrogen-bond donors (Lipinski definition) is 0. The molecule has 1 unspecified atom stereocenters. The van der Waals surface area contributed by atoms with E-state index in [0.29, 0.717) is 17.9 Å². The third-order valence-electron chi connectivity index (χ3n) is 4.48. The second-order valence-electron chi connectivity index (χ2n) is 7.39. The SMILES string of the molecule is CCC(C)[n+]1c(C(C)C)cc(-c2ccccc2)cc1C(C)C.F[B-](F)(F)F. The Morgan fingerprint density at radius 3 is 1.52 bits per heavy atom. The van der Waals surface area contributed by atoms with Crippen molar-refractivity contribution in [1.82, 2.24) is 0 Å². The molecule has 0 amide bonds. The first kappa shape index (κ1) is 23.2. The molecule has 0 saturated carbocycles. The Bertz CT molecular complexity index is 677. The second kappa shape index (κ2) is 9.91. The van der Waals surface area contributed by atoms with E-state index in [9.17, 15) is 17.3 Å². The number of hydrogen-bond acceptors (Lipinski definition) is 0. The molecule has 2 rings (SSSR count). The van der Waals surface area contributed by atoms with Gasteiger partial charge in [0.15, 0.2) is 17.4 Å². The largest absolute Gasteiger partial charge is 0.673 e. The summed E-state index contributed by atoms with van der Waals surface area (Å²) in [4.78, 5) is 0. The molecule has 0 aliphatic heterocycles. The van der Waals surface area contributed by atoms with Crippen molar-refractivity contribution >= 4 is 7.25 Å². The molecule has 6 heteroatoms. The fourth-order valence-electron chi connectivity index (χ4n) is 3.03. The van der Waals surface area contributed by atoms with Crippen LogP contribution in [0.1, 0.15) is 77.2 Å². The number of rotatable bonds is 5. The van der Waals surface area contributed by atoms with E-state index in [4.69, 9.17) is 0 Å². The van der Waals surface area contributed by atoms with Crippen LogP contribution in [0.2, 0.25) is 0 Å². The number of aromatic nitrogens is 1. The van der Waals surface area contributed by atoms with Gasteiger partial charge in [-0.05, 0) is 18.1 Å². The molecule has 0 saturated heterocycles. The smallest absolute Gasteiger partial charge is 0.418 e. The lowest BCUT2D eigenvalue weighted by atomic mass is 9.96. The van der Waals surface area contributed by atoms with Crippen molar-refractivity contribution in [3.8, 4) is 11.1 Å². The van der Waals surface area contributed by atoms with E-state index in [2.05, 4.69) is 88.6 Å². The van der Waals surface area contributed by atoms with Crippen LogP contribution in [0.4, 0.5) is 17.3 Å². The van der Waals surface area contributed by atoms with Gasteiger partial charge in [-0.25, -0.2) is 0 Å². The van der Waals surface area contributed by atoms with Crippen molar-refractivity contribution in [3.63, 3.8) is 0 Å². The topological polar surface area (TPSA) is 3.88 Å². The monoisotopic (exact) mass is 383 g/mol. The lowest BCUT2D eigenvalue weighted by molar-refractivity contribution is -0.735. The highest BCUT2D eigenvalue weighted by molar-refractivity contribution is 6.50. The lowest BCUT2D eigenvalue weighted by Crippen LogP contribution is -2.46. The van der Waals surface area contributed by atoms with E-state index in [-0.39, 0.29) is 0 Å². The van der Waals surface area contributed by atoms with Gasteiger partial charge >= 0.3 is 7.25 Å². The Kier molecular flexibility index (Phi) is 8.51. The number of benzene rings is 1. The maximum Gasteiger partial charge on any atom is 0.673 e. The van der Waals surface area contributed by atoms with Crippen molar-refractivity contribution < 1.29 is 21.8 Å². The minimum Gasteiger partial charge on any atom is -0.418 e. The quantitative estimate of drug-likeness (QED) is 0.293. The molecule has 27 heavy (non-hydrogen) atoms. The molecule has 0 N–H and O–H groups in total. The van der Waals surface area contributed by atoms with Crippen LogP contribution < -0.4 is 4.57 Å². The molecular formula is C21H30BF4N. The van der Waals surface area contributed by atoms with Gasteiger partial charge in [-0.1, -0.05) is 65.0 Å². The van der Waals surface area contributed by atoms with Crippen molar-refractivity contribution in [2.24, 2.45) is 0 Å². The van der Waals surface area contributed by atoms with Gasteiger partial charge in [-0.3, -0.25) is 0 Å². The molecule has 0 aliphatic rings. The normalized spacial score (nSPS) is 12.7. The van der Waals surface area contributed by atoms with Gasteiger partial charge in [0.1, 0.15) is 0 Å². The third kappa shape index (κ3) is 7.35. The Morgan fingerprint density at radius 2 is 1.19 bits per heavy atom. The Labute approximate surface area is 160 Å². The van der Waals surface area contributed by atoms with Crippen LogP contribution in [0.5, 0.6) is 0 Å². The first-order valence-electron chi connectivity index (χ1n) is 9.47. The first-order valence-corrected chi connectivity index (χ1v) is 9.47. The summed E-state index contributed by atoms with van der Waals surface area (Å²) < 4.78 is 41.6. The predicted molar refractivity (Wildman–Crippen MR) is 105 cm³/mol. The fourth-order valence-corrected chi connectivity index (χ4v) is 3.03. The van der Waals surface area contributed by atoms with Gasteiger partial charge in [0.05, 0.1) is 0 Å². The summed E-state index contributed by atoms with van der Waals surface area (Å²) >= 11 is 0. The molecule has 0 radical (unpaired) electrons. The Hall–Kier alpha value is -1.85. The van der Waals surface area contributed by atoms with Crippen molar-refractivity contribution in [2.75, 3.05) is 0 Å². The zero-order valence-electron chi connectivity index (χ0n) is 17.0. The summed E-state index contributed by atoms with van der Waals surface area (Å²) in [7, 11) is -6.00. The average molecular weight is 383 g/mol. The van der Waals surface area contributed by atoms with E-state index in [0.717, 1.165) is 6.42 Å². The summed E-state index contributed by atoms with van der Waals surface area (Å²) in [6, 6.07) is 16.0. The molecule has 150 valence electrons. The number of halogens is 4. The average Bonchev–Trinajstić information content (AvgIpc) is 2.59. The molecule has 0 aliphatic carbocycles. The molecule has 1 nitrogen and oxygen atoms in total. The van der Waals surface area contributed by atoms with Crippen LogP contribution in [-0.2, 0) is 0 Å². The van der Waals surface area contributed by atoms with Gasteiger partial charge in [-0.15, -0.1) is 0 Å². The van der Waals surface area contributed by atoms with E-state index in [1.54, 1.807) is 0 Å². The van der Waals surface area contributed by atoms with Gasteiger partial charge in [-0.2, -0.15) is 4.57 Å². The predicted octanol–water partition coefficient (Wildman–Crippen LogP) is 7.16. The highest BCUT2D eigenvalue weighted by Gasteiger charge is 2.27. The Morgan fingerprint density at radius 1 is 0.778 bits per heavy atom. The maximum absolute atomic E-state index is 9.75. The van der Waals surface area contributed by atoms with Gasteiger partial charge in [0.2, 0.25) is 0 Å². The van der Waals surface area contributed by atoms with Crippen LogP contribution in [0.15, 0.2) is 42.5 Å². The van der Waals surface area contributed by atoms with Crippen LogP contribution in [0.25, 0.3) is 11.1 Å². The van der Waals surface area contributed by atoms with Gasteiger partial charge < -0.3 is 17.3 Å². The van der Waals surface area contributed by atoms with Crippen molar-refractivity contribution in [1.29, 1.82) is 0 Å². The van der Waals surface area contributed by atoms with Crippen LogP contribution in [-0.4, -0.2) is 7.25 Å². The van der Waals surface area contributed by atoms with Gasteiger partial charge in [0, 0.05) is 30.4 Å². The molecule has 0 spiro atoms. The van der Waals surface area contributed by atoms with E-state index < -0.39 is 7.25 Å². The molecule has 0 fully saturated rings. The number of pyridine rings is 1. The molecule has 1 heterocycles. The zero-order chi connectivity index (χ0) is 20.8. The standard InChI is InChI=1S/C21H30N.BF4/c1-7-17(6)22-20(15(2)3)13-19(14-21(22)16(4)5)18-11-9-8-10-12-18;2-1(3,4)5/h8-17H,7H2,1-6H3;/q+1;-1. The lowest BCUT2D eigenvalue weighted by Gasteiger charge is -2.19. The van der Waals surface area contributed by atoms with Gasteiger partial charge in [0.25, 0.3) is 0 Å². The van der Waals surface area contributed by atoms with Crippen molar-refractivity contribution in [2.45, 2.75) is 65.8 Å².